The molecule has 14 heteroatoms. The summed E-state index contributed by atoms with van der Waals surface area (Å²) in [6, 6.07) is 4.17. The first-order chi connectivity index (χ1) is 16.4. The minimum atomic E-state index is -1.50. The van der Waals surface area contributed by atoms with Crippen LogP contribution in [0, 0.1) is 0 Å². The summed E-state index contributed by atoms with van der Waals surface area (Å²) in [4.78, 5) is 42.2. The Hall–Kier alpha value is -4.33. The maximum absolute atomic E-state index is 12.9. The topological polar surface area (TPSA) is 191 Å². The van der Waals surface area contributed by atoms with E-state index in [4.69, 9.17) is 14.6 Å². The molecule has 1 saturated heterocycles. The van der Waals surface area contributed by atoms with Gasteiger partial charge in [-0.05, 0) is 12.1 Å². The molecule has 0 aromatic carbocycles. The number of nitrogens with zero attached hydrogens (tertiary/aromatic N) is 4. The van der Waals surface area contributed by atoms with E-state index < -0.39 is 34.9 Å². The van der Waals surface area contributed by atoms with Crippen LogP contribution < -0.4 is 20.7 Å². The van der Waals surface area contributed by atoms with Crippen molar-refractivity contribution in [2.45, 2.75) is 18.0 Å². The average molecular weight is 484 g/mol. The highest BCUT2D eigenvalue weighted by Crippen LogP contribution is 2.40. The fraction of sp³-hybridized carbons (Fsp3) is 0.200. The van der Waals surface area contributed by atoms with E-state index in [2.05, 4.69) is 15.5 Å². The third-order valence-corrected chi connectivity index (χ3v) is 6.78. The van der Waals surface area contributed by atoms with Crippen LogP contribution in [0.4, 0.5) is 6.01 Å². The predicted molar refractivity (Wildman–Crippen MR) is 113 cm³/mol. The fourth-order valence-electron chi connectivity index (χ4n) is 3.93. The largest absolute Gasteiger partial charge is 0.543 e. The number of nitrogens with two attached hydrogens (primary N) is 1. The van der Waals surface area contributed by atoms with Crippen molar-refractivity contribution >= 4 is 52.4 Å². The molecular weight excluding hydrogens is 468 g/mol. The average Bonchev–Trinajstić information content (AvgIpc) is 3.47. The van der Waals surface area contributed by atoms with Gasteiger partial charge in [0.25, 0.3) is 17.8 Å². The standard InChI is InChI=1S/C20H16N6O7S/c21-20-22-11(7-33-20)12(24-31)15(27)23-13-16(28)26-14(19(29)30)10(8-34-18(13)26)6-25-4-1-2-9-3-5-32-17(9)25/h1-5,7,13,18H,6,8H2,(H4-,21,22,23,27,29,30,31)/t13?,18-/m1/s1. The Bertz CT molecular complexity index is 1390. The molecule has 0 radical (unpaired) electrons. The summed E-state index contributed by atoms with van der Waals surface area (Å²) >= 11 is 1.28. The quantitative estimate of drug-likeness (QED) is 0.123. The Morgan fingerprint density at radius 3 is 2.94 bits per heavy atom. The first kappa shape index (κ1) is 21.5. The lowest BCUT2D eigenvalue weighted by Crippen LogP contribution is -2.71. The van der Waals surface area contributed by atoms with Crippen molar-refractivity contribution in [3.8, 4) is 0 Å². The van der Waals surface area contributed by atoms with Crippen LogP contribution >= 0.6 is 11.8 Å². The number of aromatic nitrogens is 2. The number of oxime groups is 1. The van der Waals surface area contributed by atoms with Gasteiger partial charge in [0.15, 0.2) is 18.5 Å². The molecule has 0 spiro atoms. The van der Waals surface area contributed by atoms with Crippen molar-refractivity contribution in [1.82, 2.24) is 15.2 Å². The highest BCUT2D eigenvalue weighted by molar-refractivity contribution is 8.00. The van der Waals surface area contributed by atoms with E-state index in [1.54, 1.807) is 22.9 Å². The Kier molecular flexibility index (Phi) is 5.20. The number of furan rings is 1. The number of nitrogen functional groups attached to an aromatic ring is 1. The molecule has 5 heterocycles. The number of β-lactam (4-membered cyclic amide) rings is 1. The Morgan fingerprint density at radius 1 is 1.41 bits per heavy atom. The zero-order chi connectivity index (χ0) is 24.0. The summed E-state index contributed by atoms with van der Waals surface area (Å²) < 4.78 is 12.0. The monoisotopic (exact) mass is 484 g/mol. The molecule has 34 heavy (non-hydrogen) atoms. The van der Waals surface area contributed by atoms with Gasteiger partial charge >= 0.3 is 5.71 Å². The molecule has 1 unspecified atom stereocenters. The van der Waals surface area contributed by atoms with Gasteiger partial charge in [0, 0.05) is 17.4 Å². The summed E-state index contributed by atoms with van der Waals surface area (Å²) in [5.74, 6) is -2.77. The number of carbonyl (C=O) groups excluding carboxylic acids is 3. The fourth-order valence-corrected chi connectivity index (χ4v) is 5.27. The van der Waals surface area contributed by atoms with Gasteiger partial charge in [-0.1, -0.05) is 5.16 Å². The molecule has 2 amide bonds. The van der Waals surface area contributed by atoms with Crippen molar-refractivity contribution in [2.24, 2.45) is 5.16 Å². The molecule has 2 atom stereocenters. The van der Waals surface area contributed by atoms with Gasteiger partial charge in [-0.2, -0.15) is 9.55 Å². The second kappa shape index (κ2) is 8.22. The number of carboxylic acid groups (broad SMARTS) is 1. The number of carbonyl (C=O) groups is 3. The molecule has 4 N–H and O–H groups in total. The molecule has 2 aliphatic rings. The highest BCUT2D eigenvalue weighted by Gasteiger charge is 2.53. The second-order valence-corrected chi connectivity index (χ2v) is 8.54. The molecule has 0 aliphatic carbocycles. The number of carboxylic acids is 1. The van der Waals surface area contributed by atoms with Gasteiger partial charge in [-0.15, -0.1) is 11.8 Å². The van der Waals surface area contributed by atoms with E-state index in [0.29, 0.717) is 11.3 Å². The molecule has 3 aromatic heterocycles. The minimum Gasteiger partial charge on any atom is -0.543 e. The Balaban J connectivity index is 1.37. The number of pyridine rings is 1. The van der Waals surface area contributed by atoms with E-state index >= 15 is 0 Å². The van der Waals surface area contributed by atoms with Crippen LogP contribution in [0.3, 0.4) is 0 Å². The maximum Gasteiger partial charge on any atom is 0.380 e. The SMILES string of the molecule is Nc1nc(/C(=N/O)C(=O)NC2C(=O)N3C(C(=O)[O-])=C(C[n+]4cccc5ccoc54)CS[C@H]23)co1. The molecular formula is C20H16N6O7S. The lowest BCUT2D eigenvalue weighted by atomic mass is 10.0. The molecule has 3 aromatic rings. The smallest absolute Gasteiger partial charge is 0.380 e. The number of oxazole rings is 1. The zero-order valence-corrected chi connectivity index (χ0v) is 18.0. The van der Waals surface area contributed by atoms with Crippen molar-refractivity contribution < 1.29 is 38.1 Å². The minimum absolute atomic E-state index is 0.126. The van der Waals surface area contributed by atoms with Crippen LogP contribution in [0.5, 0.6) is 0 Å². The highest BCUT2D eigenvalue weighted by atomic mass is 32.2. The van der Waals surface area contributed by atoms with Crippen molar-refractivity contribution in [3.63, 3.8) is 0 Å². The number of thioether (sulfide) groups is 1. The van der Waals surface area contributed by atoms with Crippen molar-refractivity contribution in [1.29, 1.82) is 0 Å². The van der Waals surface area contributed by atoms with Gasteiger partial charge in [0.05, 0.1) is 23.3 Å². The van der Waals surface area contributed by atoms with Crippen molar-refractivity contribution in [3.05, 3.63) is 53.9 Å². The van der Waals surface area contributed by atoms with Crippen LogP contribution in [-0.2, 0) is 20.9 Å². The molecule has 0 bridgehead atoms. The van der Waals surface area contributed by atoms with Crippen LogP contribution in [0.15, 0.2) is 62.2 Å². The predicted octanol–water partition coefficient (Wildman–Crippen LogP) is -1.43. The van der Waals surface area contributed by atoms with E-state index in [1.165, 1.54) is 18.0 Å². The van der Waals surface area contributed by atoms with Crippen molar-refractivity contribution in [2.75, 3.05) is 11.5 Å². The summed E-state index contributed by atoms with van der Waals surface area (Å²) in [5, 5.41) is 26.7. The lowest BCUT2D eigenvalue weighted by Gasteiger charge is -2.50. The third kappa shape index (κ3) is 3.44. The number of fused-ring (bicyclic) bond motifs is 2. The van der Waals surface area contributed by atoms with Crippen LogP contribution in [0.1, 0.15) is 5.69 Å². The molecule has 0 saturated carbocycles. The Labute approximate surface area is 194 Å². The zero-order valence-electron chi connectivity index (χ0n) is 17.2. The van der Waals surface area contributed by atoms with Crippen LogP contribution in [-0.4, -0.2) is 55.8 Å². The molecule has 2 aliphatic heterocycles. The molecule has 13 nitrogen and oxygen atoms in total. The van der Waals surface area contributed by atoms with E-state index in [0.717, 1.165) is 16.5 Å². The van der Waals surface area contributed by atoms with Gasteiger partial charge in [0.1, 0.15) is 23.4 Å². The van der Waals surface area contributed by atoms with Gasteiger partial charge in [-0.25, -0.2) is 0 Å². The lowest BCUT2D eigenvalue weighted by molar-refractivity contribution is -0.669. The summed E-state index contributed by atoms with van der Waals surface area (Å²) in [6.07, 6.45) is 4.30. The van der Waals surface area contributed by atoms with Gasteiger partial charge < -0.3 is 35.0 Å². The molecule has 174 valence electrons. The first-order valence-corrected chi connectivity index (χ1v) is 10.9. The maximum atomic E-state index is 12.9. The number of anilines is 1. The number of nitrogens with one attached hydrogen (secondary N) is 1. The van der Waals surface area contributed by atoms with Crippen LogP contribution in [0.2, 0.25) is 0 Å². The number of rotatable bonds is 6. The van der Waals surface area contributed by atoms with E-state index in [9.17, 15) is 24.7 Å². The van der Waals surface area contributed by atoms with Gasteiger partial charge in [-0.3, -0.25) is 14.5 Å². The number of hydrogen-bond donors (Lipinski definition) is 3. The summed E-state index contributed by atoms with van der Waals surface area (Å²) in [5.41, 5.74) is 5.52. The Morgan fingerprint density at radius 2 is 2.24 bits per heavy atom. The second-order valence-electron chi connectivity index (χ2n) is 7.44. The van der Waals surface area contributed by atoms with Gasteiger partial charge in [0.2, 0.25) is 0 Å². The van der Waals surface area contributed by atoms with E-state index in [1.807, 2.05) is 6.07 Å². The number of hydrogen-bond acceptors (Lipinski definition) is 11. The normalized spacial score (nSPS) is 20.3. The number of aliphatic carboxylic acids is 1. The molecule has 1 fully saturated rings. The summed E-state index contributed by atoms with van der Waals surface area (Å²) in [7, 11) is 0. The summed E-state index contributed by atoms with van der Waals surface area (Å²) in [6.45, 7) is 0.170. The number of amides is 2. The first-order valence-electron chi connectivity index (χ1n) is 9.87. The van der Waals surface area contributed by atoms with Crippen LogP contribution in [0.25, 0.3) is 11.1 Å². The molecule has 5 rings (SSSR count). The third-order valence-electron chi connectivity index (χ3n) is 5.44. The van der Waals surface area contributed by atoms with E-state index in [-0.39, 0.29) is 29.7 Å².